The first-order valence-corrected chi connectivity index (χ1v) is 4.98. The molecule has 0 amide bonds. The fourth-order valence-electron chi connectivity index (χ4n) is 1.35. The number of aliphatic imine (C=N–C) groups is 1. The first kappa shape index (κ1) is 10.4. The second-order valence-electron chi connectivity index (χ2n) is 3.06. The Hall–Kier alpha value is -1.17. The minimum absolute atomic E-state index is 0.0276. The van der Waals surface area contributed by atoms with Crippen LogP contribution in [-0.2, 0) is 4.74 Å². The van der Waals surface area contributed by atoms with Gasteiger partial charge in [0.15, 0.2) is 0 Å². The van der Waals surface area contributed by atoms with Crippen molar-refractivity contribution in [3.63, 3.8) is 0 Å². The minimum atomic E-state index is -0.665. The fraction of sp³-hybridized carbons (Fsp3) is 0.222. The Balaban J connectivity index is 2.42. The maximum atomic E-state index is 13.6. The summed E-state index contributed by atoms with van der Waals surface area (Å²) in [6.45, 7) is 0.181. The average molecular weight is 277 g/mol. The lowest BCUT2D eigenvalue weighted by atomic mass is 10.1. The van der Waals surface area contributed by atoms with E-state index in [0.717, 1.165) is 0 Å². The summed E-state index contributed by atoms with van der Waals surface area (Å²) in [5.41, 5.74) is 5.57. The molecule has 3 nitrogen and oxygen atoms in total. The van der Waals surface area contributed by atoms with Crippen LogP contribution in [0.1, 0.15) is 11.6 Å². The number of halogens is 3. The molecule has 0 saturated heterocycles. The van der Waals surface area contributed by atoms with Crippen LogP contribution in [0, 0.1) is 11.6 Å². The molecule has 1 aliphatic heterocycles. The maximum Gasteiger partial charge on any atom is 0.282 e. The third-order valence-electron chi connectivity index (χ3n) is 2.10. The Morgan fingerprint density at radius 1 is 1.47 bits per heavy atom. The molecule has 0 unspecified atom stereocenters. The van der Waals surface area contributed by atoms with Gasteiger partial charge in [0, 0.05) is 5.56 Å². The molecule has 1 aromatic rings. The largest absolute Gasteiger partial charge is 0.463 e. The van der Waals surface area contributed by atoms with Crippen LogP contribution in [0.5, 0.6) is 0 Å². The number of hydrogen-bond donors (Lipinski definition) is 1. The smallest absolute Gasteiger partial charge is 0.282 e. The summed E-state index contributed by atoms with van der Waals surface area (Å²) in [4.78, 5) is 3.88. The summed E-state index contributed by atoms with van der Waals surface area (Å²) >= 11 is 2.82. The minimum Gasteiger partial charge on any atom is -0.463 e. The highest BCUT2D eigenvalue weighted by Crippen LogP contribution is 2.30. The molecule has 6 heteroatoms. The summed E-state index contributed by atoms with van der Waals surface area (Å²) in [5.74, 6) is -1.31. The topological polar surface area (TPSA) is 47.6 Å². The standard InChI is InChI=1S/C9H7BrF2N2O/c10-7-5(11)2-1-4(8(7)12)6-3-15-9(13)14-6/h1-2,6H,3H2,(H2,13,14)/t6-/m0/s1. The van der Waals surface area contributed by atoms with E-state index in [1.54, 1.807) is 0 Å². The predicted molar refractivity (Wildman–Crippen MR) is 54.4 cm³/mol. The fourth-order valence-corrected chi connectivity index (χ4v) is 1.71. The third kappa shape index (κ3) is 1.81. The van der Waals surface area contributed by atoms with E-state index in [2.05, 4.69) is 20.9 Å². The molecule has 80 valence electrons. The van der Waals surface area contributed by atoms with Gasteiger partial charge in [-0.1, -0.05) is 6.07 Å². The zero-order chi connectivity index (χ0) is 11.0. The Bertz CT molecular complexity index is 436. The van der Waals surface area contributed by atoms with Crippen LogP contribution in [0.2, 0.25) is 0 Å². The van der Waals surface area contributed by atoms with Gasteiger partial charge in [-0.2, -0.15) is 0 Å². The van der Waals surface area contributed by atoms with Crippen molar-refractivity contribution in [3.8, 4) is 0 Å². The van der Waals surface area contributed by atoms with Crippen LogP contribution in [0.25, 0.3) is 0 Å². The van der Waals surface area contributed by atoms with Gasteiger partial charge in [-0.3, -0.25) is 0 Å². The zero-order valence-electron chi connectivity index (χ0n) is 7.51. The van der Waals surface area contributed by atoms with Crippen molar-refractivity contribution in [2.45, 2.75) is 6.04 Å². The van der Waals surface area contributed by atoms with E-state index in [9.17, 15) is 8.78 Å². The van der Waals surface area contributed by atoms with Gasteiger partial charge in [0.2, 0.25) is 0 Å². The number of nitrogens with zero attached hydrogens (tertiary/aromatic N) is 1. The molecule has 0 bridgehead atoms. The Morgan fingerprint density at radius 2 is 2.20 bits per heavy atom. The molecule has 0 radical (unpaired) electrons. The lowest BCUT2D eigenvalue weighted by Gasteiger charge is -2.08. The second-order valence-corrected chi connectivity index (χ2v) is 3.85. The first-order valence-electron chi connectivity index (χ1n) is 4.19. The van der Waals surface area contributed by atoms with E-state index in [1.807, 2.05) is 0 Å². The van der Waals surface area contributed by atoms with Gasteiger partial charge in [0.1, 0.15) is 24.3 Å². The van der Waals surface area contributed by atoms with E-state index in [1.165, 1.54) is 12.1 Å². The van der Waals surface area contributed by atoms with E-state index in [4.69, 9.17) is 10.5 Å². The molecule has 1 aliphatic rings. The van der Waals surface area contributed by atoms with Crippen LogP contribution in [0.3, 0.4) is 0 Å². The van der Waals surface area contributed by atoms with Gasteiger partial charge < -0.3 is 10.5 Å². The molecule has 0 saturated carbocycles. The van der Waals surface area contributed by atoms with Crippen molar-refractivity contribution in [2.75, 3.05) is 6.61 Å². The van der Waals surface area contributed by atoms with Crippen LogP contribution in [-0.4, -0.2) is 12.6 Å². The van der Waals surface area contributed by atoms with Crippen molar-refractivity contribution in [1.29, 1.82) is 0 Å². The molecular formula is C9H7BrF2N2O. The SMILES string of the molecule is NC1=N[C@H](c2ccc(F)c(Br)c2F)CO1. The molecule has 0 aromatic heterocycles. The van der Waals surface area contributed by atoms with Gasteiger partial charge in [0.05, 0.1) is 4.47 Å². The average Bonchev–Trinajstić information content (AvgIpc) is 2.61. The highest BCUT2D eigenvalue weighted by molar-refractivity contribution is 9.10. The van der Waals surface area contributed by atoms with E-state index in [0.29, 0.717) is 0 Å². The van der Waals surface area contributed by atoms with Crippen molar-refractivity contribution in [3.05, 3.63) is 33.8 Å². The Morgan fingerprint density at radius 3 is 2.80 bits per heavy atom. The zero-order valence-corrected chi connectivity index (χ0v) is 9.09. The summed E-state index contributed by atoms with van der Waals surface area (Å²) in [5, 5.41) is 0. The molecule has 2 N–H and O–H groups in total. The molecule has 2 rings (SSSR count). The van der Waals surface area contributed by atoms with Crippen molar-refractivity contribution < 1.29 is 13.5 Å². The molecule has 0 spiro atoms. The number of amidine groups is 1. The maximum absolute atomic E-state index is 13.6. The monoisotopic (exact) mass is 276 g/mol. The van der Waals surface area contributed by atoms with E-state index in [-0.39, 0.29) is 22.7 Å². The van der Waals surface area contributed by atoms with Gasteiger partial charge in [-0.05, 0) is 22.0 Å². The summed E-state index contributed by atoms with van der Waals surface area (Å²) < 4.78 is 31.2. The number of benzene rings is 1. The molecule has 0 fully saturated rings. The van der Waals surface area contributed by atoms with Gasteiger partial charge in [-0.25, -0.2) is 13.8 Å². The number of hydrogen-bond acceptors (Lipinski definition) is 3. The third-order valence-corrected chi connectivity index (χ3v) is 2.82. The molecular weight excluding hydrogens is 270 g/mol. The predicted octanol–water partition coefficient (Wildman–Crippen LogP) is 2.11. The van der Waals surface area contributed by atoms with Crippen molar-refractivity contribution in [2.24, 2.45) is 10.7 Å². The van der Waals surface area contributed by atoms with Crippen LogP contribution in [0.4, 0.5) is 8.78 Å². The van der Waals surface area contributed by atoms with Crippen molar-refractivity contribution >= 4 is 22.0 Å². The van der Waals surface area contributed by atoms with Crippen LogP contribution in [0.15, 0.2) is 21.6 Å². The Kier molecular flexibility index (Phi) is 2.60. The lowest BCUT2D eigenvalue weighted by molar-refractivity contribution is 0.312. The molecule has 1 atom stereocenters. The quantitative estimate of drug-likeness (QED) is 0.799. The van der Waals surface area contributed by atoms with Gasteiger partial charge >= 0.3 is 0 Å². The van der Waals surface area contributed by atoms with Crippen molar-refractivity contribution in [1.82, 2.24) is 0 Å². The lowest BCUT2D eigenvalue weighted by Crippen LogP contribution is -2.10. The normalized spacial score (nSPS) is 19.9. The first-order chi connectivity index (χ1) is 7.09. The highest BCUT2D eigenvalue weighted by atomic mass is 79.9. The molecule has 1 aromatic carbocycles. The molecule has 0 aliphatic carbocycles. The summed E-state index contributed by atoms with van der Waals surface area (Å²) in [6, 6.07) is 2.04. The number of ether oxygens (including phenoxy) is 1. The summed E-state index contributed by atoms with van der Waals surface area (Å²) in [6.07, 6.45) is 0. The number of nitrogens with two attached hydrogens (primary N) is 1. The van der Waals surface area contributed by atoms with Gasteiger partial charge in [-0.15, -0.1) is 0 Å². The Labute approximate surface area is 93.1 Å². The molecule has 1 heterocycles. The van der Waals surface area contributed by atoms with Crippen LogP contribution >= 0.6 is 15.9 Å². The molecule has 15 heavy (non-hydrogen) atoms. The van der Waals surface area contributed by atoms with Gasteiger partial charge in [0.25, 0.3) is 6.02 Å². The number of rotatable bonds is 1. The highest BCUT2D eigenvalue weighted by Gasteiger charge is 2.24. The van der Waals surface area contributed by atoms with E-state index >= 15 is 0 Å². The second kappa shape index (κ2) is 3.77. The van der Waals surface area contributed by atoms with E-state index < -0.39 is 17.7 Å². The van der Waals surface area contributed by atoms with Crippen LogP contribution < -0.4 is 5.73 Å². The summed E-state index contributed by atoms with van der Waals surface area (Å²) in [7, 11) is 0.